The fourth-order valence-electron chi connectivity index (χ4n) is 2.95. The van der Waals surface area contributed by atoms with Crippen LogP contribution in [0.3, 0.4) is 0 Å². The normalized spacial score (nSPS) is 28.6. The van der Waals surface area contributed by atoms with Gasteiger partial charge in [-0.25, -0.2) is 0 Å². The minimum atomic E-state index is -0.622. The van der Waals surface area contributed by atoms with Crippen LogP contribution in [-0.4, -0.2) is 10.7 Å². The molecule has 17 heavy (non-hydrogen) atoms. The molecule has 1 fully saturated rings. The van der Waals surface area contributed by atoms with Gasteiger partial charge in [0.25, 0.3) is 0 Å². The van der Waals surface area contributed by atoms with Crippen LogP contribution in [0.1, 0.15) is 38.2 Å². The van der Waals surface area contributed by atoms with Crippen molar-refractivity contribution in [2.45, 2.75) is 44.6 Å². The molecule has 0 radical (unpaired) electrons. The zero-order valence-electron chi connectivity index (χ0n) is 10.0. The molecule has 1 aromatic rings. The molecule has 0 spiro atoms. The van der Waals surface area contributed by atoms with Gasteiger partial charge in [-0.2, -0.15) is 0 Å². The minimum absolute atomic E-state index is 0.370. The second kappa shape index (κ2) is 5.17. The monoisotopic (exact) mass is 272 g/mol. The first-order chi connectivity index (χ1) is 8.07. The molecule has 3 heteroatoms. The standard InChI is InChI=1S/C14H18Cl2O/c1-2-10-5-4-8-14(10,17)9-11-12(15)6-3-7-13(11)16/h3,6-7,10,17H,2,4-5,8-9H2,1H3. The van der Waals surface area contributed by atoms with Gasteiger partial charge in [-0.3, -0.25) is 0 Å². The highest BCUT2D eigenvalue weighted by Gasteiger charge is 2.40. The first-order valence-corrected chi connectivity index (χ1v) is 6.97. The second-order valence-electron chi connectivity index (χ2n) is 4.98. The Bertz CT molecular complexity index is 385. The molecule has 94 valence electrons. The van der Waals surface area contributed by atoms with Crippen molar-refractivity contribution in [3.8, 4) is 0 Å². The molecule has 1 nitrogen and oxygen atoms in total. The van der Waals surface area contributed by atoms with E-state index in [1.165, 1.54) is 0 Å². The van der Waals surface area contributed by atoms with E-state index in [1.54, 1.807) is 0 Å². The van der Waals surface area contributed by atoms with Gasteiger partial charge in [0.2, 0.25) is 0 Å². The van der Waals surface area contributed by atoms with E-state index in [0.29, 0.717) is 22.4 Å². The number of benzene rings is 1. The summed E-state index contributed by atoms with van der Waals surface area (Å²) >= 11 is 12.3. The lowest BCUT2D eigenvalue weighted by atomic mass is 9.83. The van der Waals surface area contributed by atoms with Gasteiger partial charge in [0.1, 0.15) is 0 Å². The maximum atomic E-state index is 10.7. The van der Waals surface area contributed by atoms with E-state index >= 15 is 0 Å². The second-order valence-corrected chi connectivity index (χ2v) is 5.79. The van der Waals surface area contributed by atoms with Crippen LogP contribution in [0.25, 0.3) is 0 Å². The lowest BCUT2D eigenvalue weighted by molar-refractivity contribution is 0.00150. The number of aliphatic hydroxyl groups is 1. The molecule has 1 aromatic carbocycles. The molecule has 1 saturated carbocycles. The van der Waals surface area contributed by atoms with E-state index in [4.69, 9.17) is 23.2 Å². The van der Waals surface area contributed by atoms with Gasteiger partial charge in [0, 0.05) is 16.5 Å². The summed E-state index contributed by atoms with van der Waals surface area (Å²) in [5, 5.41) is 12.1. The van der Waals surface area contributed by atoms with E-state index in [0.717, 1.165) is 31.2 Å². The molecule has 0 saturated heterocycles. The molecular formula is C14H18Cl2O. The summed E-state index contributed by atoms with van der Waals surface area (Å²) in [7, 11) is 0. The number of hydrogen-bond donors (Lipinski definition) is 1. The highest BCUT2D eigenvalue weighted by atomic mass is 35.5. The molecule has 0 amide bonds. The van der Waals surface area contributed by atoms with Crippen LogP contribution in [0.5, 0.6) is 0 Å². The molecule has 2 unspecified atom stereocenters. The predicted molar refractivity (Wildman–Crippen MR) is 72.7 cm³/mol. The molecule has 2 atom stereocenters. The third-order valence-electron chi connectivity index (χ3n) is 3.96. The Morgan fingerprint density at radius 1 is 1.35 bits per heavy atom. The SMILES string of the molecule is CCC1CCCC1(O)Cc1c(Cl)cccc1Cl. The van der Waals surface area contributed by atoms with Crippen LogP contribution in [0.2, 0.25) is 10.0 Å². The number of hydrogen-bond acceptors (Lipinski definition) is 1. The topological polar surface area (TPSA) is 20.2 Å². The highest BCUT2D eigenvalue weighted by Crippen LogP contribution is 2.42. The van der Waals surface area contributed by atoms with E-state index in [1.807, 2.05) is 18.2 Å². The van der Waals surface area contributed by atoms with Gasteiger partial charge in [-0.15, -0.1) is 0 Å². The lowest BCUT2D eigenvalue weighted by Gasteiger charge is -2.30. The molecule has 1 N–H and O–H groups in total. The van der Waals surface area contributed by atoms with E-state index in [9.17, 15) is 5.11 Å². The average Bonchev–Trinajstić information content (AvgIpc) is 2.65. The Labute approximate surface area is 113 Å². The molecule has 0 bridgehead atoms. The molecule has 2 rings (SSSR count). The van der Waals surface area contributed by atoms with E-state index in [2.05, 4.69) is 6.92 Å². The van der Waals surface area contributed by atoms with Gasteiger partial charge in [0.05, 0.1) is 5.60 Å². The number of rotatable bonds is 3. The fourth-order valence-corrected chi connectivity index (χ4v) is 3.48. The van der Waals surface area contributed by atoms with Crippen molar-refractivity contribution in [1.82, 2.24) is 0 Å². The van der Waals surface area contributed by atoms with Crippen molar-refractivity contribution in [2.24, 2.45) is 5.92 Å². The van der Waals surface area contributed by atoms with Crippen molar-refractivity contribution in [2.75, 3.05) is 0 Å². The van der Waals surface area contributed by atoms with Crippen LogP contribution in [0.15, 0.2) is 18.2 Å². The smallest absolute Gasteiger partial charge is 0.0716 e. The van der Waals surface area contributed by atoms with Gasteiger partial charge >= 0.3 is 0 Å². The summed E-state index contributed by atoms with van der Waals surface area (Å²) in [6, 6.07) is 5.51. The van der Waals surface area contributed by atoms with Crippen molar-refractivity contribution in [1.29, 1.82) is 0 Å². The zero-order chi connectivity index (χ0) is 12.5. The Hall–Kier alpha value is -0.240. The average molecular weight is 273 g/mol. The molecule has 1 aliphatic rings. The summed E-state index contributed by atoms with van der Waals surface area (Å²) in [4.78, 5) is 0. The third-order valence-corrected chi connectivity index (χ3v) is 4.67. The van der Waals surface area contributed by atoms with Crippen molar-refractivity contribution < 1.29 is 5.11 Å². The third kappa shape index (κ3) is 2.62. The molecule has 1 aliphatic carbocycles. The van der Waals surface area contributed by atoms with Crippen molar-refractivity contribution in [3.05, 3.63) is 33.8 Å². The van der Waals surface area contributed by atoms with Crippen molar-refractivity contribution in [3.63, 3.8) is 0 Å². The first-order valence-electron chi connectivity index (χ1n) is 6.22. The van der Waals surface area contributed by atoms with Crippen LogP contribution in [0, 0.1) is 5.92 Å². The van der Waals surface area contributed by atoms with Gasteiger partial charge in [-0.05, 0) is 36.5 Å². The lowest BCUT2D eigenvalue weighted by Crippen LogP contribution is -2.35. The summed E-state index contributed by atoms with van der Waals surface area (Å²) in [6.07, 6.45) is 4.64. The molecule has 0 heterocycles. The van der Waals surface area contributed by atoms with Crippen LogP contribution < -0.4 is 0 Å². The highest BCUT2D eigenvalue weighted by molar-refractivity contribution is 6.36. The van der Waals surface area contributed by atoms with Gasteiger partial charge in [0.15, 0.2) is 0 Å². The summed E-state index contributed by atoms with van der Waals surface area (Å²) < 4.78 is 0. The Kier molecular flexibility index (Phi) is 4.02. The van der Waals surface area contributed by atoms with Crippen molar-refractivity contribution >= 4 is 23.2 Å². The van der Waals surface area contributed by atoms with Gasteiger partial charge in [-0.1, -0.05) is 49.0 Å². The molecule has 0 aromatic heterocycles. The summed E-state index contributed by atoms with van der Waals surface area (Å²) in [5.41, 5.74) is 0.266. The largest absolute Gasteiger partial charge is 0.389 e. The first kappa shape index (κ1) is 13.2. The molecule has 0 aliphatic heterocycles. The Balaban J connectivity index is 2.25. The van der Waals surface area contributed by atoms with E-state index < -0.39 is 5.60 Å². The van der Waals surface area contributed by atoms with Gasteiger partial charge < -0.3 is 5.11 Å². The number of halogens is 2. The maximum Gasteiger partial charge on any atom is 0.0716 e. The predicted octanol–water partition coefficient (Wildman–Crippen LogP) is 4.48. The Morgan fingerprint density at radius 3 is 2.59 bits per heavy atom. The zero-order valence-corrected chi connectivity index (χ0v) is 11.6. The van der Waals surface area contributed by atoms with Crippen LogP contribution in [0.4, 0.5) is 0 Å². The van der Waals surface area contributed by atoms with Crippen LogP contribution >= 0.6 is 23.2 Å². The summed E-state index contributed by atoms with van der Waals surface area (Å²) in [5.74, 6) is 0.370. The quantitative estimate of drug-likeness (QED) is 0.861. The molecular weight excluding hydrogens is 255 g/mol. The minimum Gasteiger partial charge on any atom is -0.389 e. The summed E-state index contributed by atoms with van der Waals surface area (Å²) in [6.45, 7) is 2.13. The maximum absolute atomic E-state index is 10.7. The Morgan fingerprint density at radius 2 is 2.00 bits per heavy atom. The van der Waals surface area contributed by atoms with E-state index in [-0.39, 0.29) is 0 Å². The van der Waals surface area contributed by atoms with Crippen LogP contribution in [-0.2, 0) is 6.42 Å². The fraction of sp³-hybridized carbons (Fsp3) is 0.571.